The minimum absolute atomic E-state index is 0.00749. The van der Waals surface area contributed by atoms with Crippen LogP contribution >= 0.6 is 0 Å². The van der Waals surface area contributed by atoms with Crippen LogP contribution in [0.3, 0.4) is 0 Å². The average Bonchev–Trinajstić information content (AvgIpc) is 2.72. The van der Waals surface area contributed by atoms with Crippen molar-refractivity contribution in [3.8, 4) is 0 Å². The smallest absolute Gasteiger partial charge is 0.225 e. The second kappa shape index (κ2) is 8.67. The molecule has 5 nitrogen and oxygen atoms in total. The molecular weight excluding hydrogens is 292 g/mol. The van der Waals surface area contributed by atoms with Gasteiger partial charge in [0.2, 0.25) is 11.8 Å². The van der Waals surface area contributed by atoms with E-state index in [1.165, 1.54) is 25.7 Å². The molecule has 0 aromatic heterocycles. The quantitative estimate of drug-likeness (QED) is 0.735. The molecule has 3 unspecified atom stereocenters. The molecule has 1 aliphatic heterocycles. The van der Waals surface area contributed by atoms with Crippen molar-refractivity contribution < 1.29 is 14.7 Å². The molecule has 0 bridgehead atoms. The highest BCUT2D eigenvalue weighted by Gasteiger charge is 2.37. The van der Waals surface area contributed by atoms with E-state index in [9.17, 15) is 14.7 Å². The lowest BCUT2D eigenvalue weighted by Gasteiger charge is -2.27. The van der Waals surface area contributed by atoms with E-state index in [0.717, 1.165) is 12.8 Å². The lowest BCUT2D eigenvalue weighted by Crippen LogP contribution is -2.39. The fourth-order valence-electron chi connectivity index (χ4n) is 3.91. The Labute approximate surface area is 139 Å². The number of hydrogen-bond donors (Lipinski definition) is 2. The molecule has 1 heterocycles. The van der Waals surface area contributed by atoms with Crippen molar-refractivity contribution in [2.45, 2.75) is 77.4 Å². The maximum Gasteiger partial charge on any atom is 0.225 e. The summed E-state index contributed by atoms with van der Waals surface area (Å²) in [7, 11) is 0. The summed E-state index contributed by atoms with van der Waals surface area (Å²) < 4.78 is 0. The van der Waals surface area contributed by atoms with Gasteiger partial charge in [-0.15, -0.1) is 0 Å². The van der Waals surface area contributed by atoms with E-state index in [1.807, 2.05) is 11.8 Å². The summed E-state index contributed by atoms with van der Waals surface area (Å²) in [4.78, 5) is 26.6. The Kier molecular flexibility index (Phi) is 6.88. The first-order chi connectivity index (χ1) is 11.0. The van der Waals surface area contributed by atoms with Gasteiger partial charge in [-0.25, -0.2) is 0 Å². The molecule has 5 heteroatoms. The van der Waals surface area contributed by atoms with Crippen LogP contribution in [0, 0.1) is 11.8 Å². The number of carbonyl (C=O) groups is 2. The van der Waals surface area contributed by atoms with Gasteiger partial charge in [0.15, 0.2) is 0 Å². The number of nitrogens with zero attached hydrogens (tertiary/aromatic N) is 1. The zero-order chi connectivity index (χ0) is 16.8. The summed E-state index contributed by atoms with van der Waals surface area (Å²) >= 11 is 0. The molecule has 2 fully saturated rings. The number of likely N-dealkylation sites (tertiary alicyclic amines) is 1. The zero-order valence-corrected chi connectivity index (χ0v) is 14.6. The molecule has 1 aliphatic carbocycles. The van der Waals surface area contributed by atoms with Gasteiger partial charge in [-0.05, 0) is 32.1 Å². The SMILES string of the molecule is CC(O)CC(C)CNC(=O)C1CC(=O)N(C2CCCCCC2)C1. The number of rotatable bonds is 6. The second-order valence-corrected chi connectivity index (χ2v) is 7.53. The van der Waals surface area contributed by atoms with Crippen LogP contribution < -0.4 is 5.32 Å². The van der Waals surface area contributed by atoms with Crippen LogP contribution in [0.5, 0.6) is 0 Å². The van der Waals surface area contributed by atoms with E-state index < -0.39 is 0 Å². The van der Waals surface area contributed by atoms with Crippen molar-refractivity contribution in [1.29, 1.82) is 0 Å². The summed E-state index contributed by atoms with van der Waals surface area (Å²) in [6.07, 6.45) is 7.79. The molecule has 1 saturated heterocycles. The summed E-state index contributed by atoms with van der Waals surface area (Å²) in [6.45, 7) is 4.93. The predicted molar refractivity (Wildman–Crippen MR) is 89.8 cm³/mol. The summed E-state index contributed by atoms with van der Waals surface area (Å²) in [5.74, 6) is 0.180. The van der Waals surface area contributed by atoms with Gasteiger partial charge in [0.25, 0.3) is 0 Å². The van der Waals surface area contributed by atoms with Crippen LogP contribution in [-0.2, 0) is 9.59 Å². The third-order valence-corrected chi connectivity index (χ3v) is 5.16. The monoisotopic (exact) mass is 324 g/mol. The van der Waals surface area contributed by atoms with Gasteiger partial charge in [0.1, 0.15) is 0 Å². The third kappa shape index (κ3) is 5.48. The maximum atomic E-state index is 12.3. The van der Waals surface area contributed by atoms with E-state index in [0.29, 0.717) is 32.0 Å². The molecule has 0 aromatic carbocycles. The Balaban J connectivity index is 1.80. The molecule has 2 rings (SSSR count). The zero-order valence-electron chi connectivity index (χ0n) is 14.6. The largest absolute Gasteiger partial charge is 0.393 e. The van der Waals surface area contributed by atoms with Crippen molar-refractivity contribution in [3.63, 3.8) is 0 Å². The number of aliphatic hydroxyl groups excluding tert-OH is 1. The van der Waals surface area contributed by atoms with Crippen LogP contribution in [-0.4, -0.2) is 47.1 Å². The first-order valence-corrected chi connectivity index (χ1v) is 9.22. The molecule has 2 amide bonds. The molecule has 2 aliphatic rings. The van der Waals surface area contributed by atoms with Crippen LogP contribution in [0.1, 0.15) is 65.2 Å². The average molecular weight is 324 g/mol. The Morgan fingerprint density at radius 2 is 1.91 bits per heavy atom. The molecule has 0 aromatic rings. The fourth-order valence-corrected chi connectivity index (χ4v) is 3.91. The Bertz CT molecular complexity index is 403. The standard InChI is InChI=1S/C18H32N2O3/c1-13(9-14(2)21)11-19-18(23)15-10-17(22)20(12-15)16-7-5-3-4-6-8-16/h13-16,21H,3-12H2,1-2H3,(H,19,23). The van der Waals surface area contributed by atoms with Crippen molar-refractivity contribution in [3.05, 3.63) is 0 Å². The number of aliphatic hydroxyl groups is 1. The van der Waals surface area contributed by atoms with E-state index in [2.05, 4.69) is 5.32 Å². The molecule has 0 spiro atoms. The Hall–Kier alpha value is -1.10. The first-order valence-electron chi connectivity index (χ1n) is 9.22. The Morgan fingerprint density at radius 3 is 2.52 bits per heavy atom. The molecular formula is C18H32N2O3. The number of hydrogen-bond acceptors (Lipinski definition) is 3. The van der Waals surface area contributed by atoms with Gasteiger partial charge in [-0.1, -0.05) is 32.6 Å². The number of carbonyl (C=O) groups excluding carboxylic acids is 2. The topological polar surface area (TPSA) is 69.6 Å². The molecule has 2 N–H and O–H groups in total. The Morgan fingerprint density at radius 1 is 1.26 bits per heavy atom. The van der Waals surface area contributed by atoms with Crippen molar-refractivity contribution in [2.75, 3.05) is 13.1 Å². The second-order valence-electron chi connectivity index (χ2n) is 7.53. The molecule has 3 atom stereocenters. The summed E-state index contributed by atoms with van der Waals surface area (Å²) in [5, 5.41) is 12.3. The summed E-state index contributed by atoms with van der Waals surface area (Å²) in [6, 6.07) is 0.344. The lowest BCUT2D eigenvalue weighted by molar-refractivity contribution is -0.130. The van der Waals surface area contributed by atoms with Gasteiger partial charge < -0.3 is 15.3 Å². The minimum atomic E-state index is -0.347. The fraction of sp³-hybridized carbons (Fsp3) is 0.889. The van der Waals surface area contributed by atoms with Crippen molar-refractivity contribution in [2.24, 2.45) is 11.8 Å². The van der Waals surface area contributed by atoms with E-state index in [4.69, 9.17) is 0 Å². The van der Waals surface area contributed by atoms with Gasteiger partial charge >= 0.3 is 0 Å². The van der Waals surface area contributed by atoms with Gasteiger partial charge in [-0.2, -0.15) is 0 Å². The summed E-state index contributed by atoms with van der Waals surface area (Å²) in [5.41, 5.74) is 0. The minimum Gasteiger partial charge on any atom is -0.393 e. The van der Waals surface area contributed by atoms with E-state index in [-0.39, 0.29) is 29.8 Å². The van der Waals surface area contributed by atoms with Crippen LogP contribution in [0.15, 0.2) is 0 Å². The predicted octanol–water partition coefficient (Wildman–Crippen LogP) is 2.08. The van der Waals surface area contributed by atoms with Gasteiger partial charge in [-0.3, -0.25) is 9.59 Å². The van der Waals surface area contributed by atoms with Gasteiger partial charge in [0.05, 0.1) is 12.0 Å². The molecule has 23 heavy (non-hydrogen) atoms. The molecule has 1 saturated carbocycles. The van der Waals surface area contributed by atoms with E-state index in [1.54, 1.807) is 6.92 Å². The highest BCUT2D eigenvalue weighted by atomic mass is 16.3. The van der Waals surface area contributed by atoms with Crippen LogP contribution in [0.2, 0.25) is 0 Å². The molecule has 132 valence electrons. The first kappa shape index (κ1) is 18.2. The van der Waals surface area contributed by atoms with Crippen molar-refractivity contribution in [1.82, 2.24) is 10.2 Å². The van der Waals surface area contributed by atoms with Gasteiger partial charge in [0, 0.05) is 25.6 Å². The maximum absolute atomic E-state index is 12.3. The highest BCUT2D eigenvalue weighted by Crippen LogP contribution is 2.28. The highest BCUT2D eigenvalue weighted by molar-refractivity contribution is 5.89. The van der Waals surface area contributed by atoms with Crippen LogP contribution in [0.25, 0.3) is 0 Å². The van der Waals surface area contributed by atoms with Crippen LogP contribution in [0.4, 0.5) is 0 Å². The van der Waals surface area contributed by atoms with Crippen molar-refractivity contribution >= 4 is 11.8 Å². The molecule has 0 radical (unpaired) electrons. The number of amides is 2. The van der Waals surface area contributed by atoms with E-state index >= 15 is 0 Å². The number of nitrogens with one attached hydrogen (secondary N) is 1. The third-order valence-electron chi connectivity index (χ3n) is 5.16. The normalized spacial score (nSPS) is 26.0. The lowest BCUT2D eigenvalue weighted by atomic mass is 10.0.